The van der Waals surface area contributed by atoms with E-state index >= 15 is 0 Å². The molecule has 6 nitrogen and oxygen atoms in total. The number of rotatable bonds is 6. The molecule has 0 heterocycles. The molecule has 3 rings (SSSR count). The van der Waals surface area contributed by atoms with E-state index in [9.17, 15) is 4.79 Å². The number of nitrogens with two attached hydrogens (primary N) is 1. The van der Waals surface area contributed by atoms with Crippen LogP contribution >= 0.6 is 0 Å². The fourth-order valence-corrected chi connectivity index (χ4v) is 2.64. The summed E-state index contributed by atoms with van der Waals surface area (Å²) in [5.74, 6) is 6.51. The molecular formula is C22H22N4O2. The molecule has 0 fully saturated rings. The van der Waals surface area contributed by atoms with Crippen LogP contribution in [0.3, 0.4) is 0 Å². The summed E-state index contributed by atoms with van der Waals surface area (Å²) in [6.07, 6.45) is 0. The number of carbonyl (C=O) groups excluding carboxylic acids is 1. The summed E-state index contributed by atoms with van der Waals surface area (Å²) in [6, 6.07) is 24.3. The van der Waals surface area contributed by atoms with Crippen LogP contribution < -0.4 is 21.3 Å². The normalized spacial score (nSPS) is 11.0. The van der Waals surface area contributed by atoms with Gasteiger partial charge < -0.3 is 15.5 Å². The lowest BCUT2D eigenvalue weighted by Crippen LogP contribution is -2.31. The number of aliphatic imine (C=N–C) groups is 1. The number of hydrazine groups is 1. The topological polar surface area (TPSA) is 88.7 Å². The molecule has 4 N–H and O–H groups in total. The highest BCUT2D eigenvalue weighted by Crippen LogP contribution is 2.18. The second-order valence-corrected chi connectivity index (χ2v) is 6.05. The van der Waals surface area contributed by atoms with E-state index in [4.69, 9.17) is 10.6 Å². The second kappa shape index (κ2) is 9.34. The van der Waals surface area contributed by atoms with Crippen LogP contribution in [0.1, 0.15) is 21.5 Å². The molecule has 0 aliphatic heterocycles. The van der Waals surface area contributed by atoms with Crippen molar-refractivity contribution in [3.63, 3.8) is 0 Å². The van der Waals surface area contributed by atoms with Crippen LogP contribution in [0.25, 0.3) is 0 Å². The first-order valence-corrected chi connectivity index (χ1v) is 8.81. The molecule has 1 amide bonds. The predicted molar refractivity (Wildman–Crippen MR) is 111 cm³/mol. The minimum absolute atomic E-state index is 0.194. The van der Waals surface area contributed by atoms with Gasteiger partial charge in [0.15, 0.2) is 0 Å². The number of benzene rings is 3. The number of carbonyl (C=O) groups is 1. The summed E-state index contributed by atoms with van der Waals surface area (Å²) in [6.45, 7) is 0.500. The number of nitrogens with zero attached hydrogens (tertiary/aromatic N) is 1. The van der Waals surface area contributed by atoms with Gasteiger partial charge in [-0.05, 0) is 42.0 Å². The molecule has 0 aromatic heterocycles. The Hall–Kier alpha value is -3.64. The van der Waals surface area contributed by atoms with Crippen LogP contribution in [0.15, 0.2) is 83.9 Å². The van der Waals surface area contributed by atoms with Gasteiger partial charge in [0, 0.05) is 23.9 Å². The van der Waals surface area contributed by atoms with Gasteiger partial charge in [0.1, 0.15) is 18.2 Å². The zero-order valence-corrected chi connectivity index (χ0v) is 15.6. The molecule has 0 aliphatic rings. The lowest BCUT2D eigenvalue weighted by molar-refractivity contribution is 0.102. The van der Waals surface area contributed by atoms with Crippen molar-refractivity contribution in [1.82, 2.24) is 5.43 Å². The number of hydrogen-bond acceptors (Lipinski definition) is 4. The quantitative estimate of drug-likeness (QED) is 0.267. The lowest BCUT2D eigenvalue weighted by atomic mass is 10.1. The maximum absolute atomic E-state index is 12.4. The highest BCUT2D eigenvalue weighted by Gasteiger charge is 2.08. The molecule has 0 saturated heterocycles. The van der Waals surface area contributed by atoms with E-state index in [2.05, 4.69) is 15.7 Å². The molecule has 0 radical (unpaired) electrons. The van der Waals surface area contributed by atoms with E-state index in [0.29, 0.717) is 23.7 Å². The zero-order valence-electron chi connectivity index (χ0n) is 15.6. The first-order valence-electron chi connectivity index (χ1n) is 8.81. The summed E-state index contributed by atoms with van der Waals surface area (Å²) < 4.78 is 5.75. The molecule has 6 heteroatoms. The summed E-state index contributed by atoms with van der Waals surface area (Å²) in [5, 5.41) is 2.87. The Balaban J connectivity index is 1.58. The molecule has 28 heavy (non-hydrogen) atoms. The molecule has 142 valence electrons. The van der Waals surface area contributed by atoms with Gasteiger partial charge in [-0.25, -0.2) is 5.84 Å². The standard InChI is InChI=1S/C22H22N4O2/c1-24-21(26-23)17-7-9-18(10-8-17)22(27)25-19-11-13-20(14-12-19)28-15-16-5-3-2-4-6-16/h2-14H,15,23H2,1H3,(H,24,26)(H,25,27). The Morgan fingerprint density at radius 2 is 1.57 bits per heavy atom. The predicted octanol–water partition coefficient (Wildman–Crippen LogP) is 3.36. The van der Waals surface area contributed by atoms with Crippen molar-refractivity contribution in [2.75, 3.05) is 12.4 Å². The third-order valence-corrected chi connectivity index (χ3v) is 4.14. The summed E-state index contributed by atoms with van der Waals surface area (Å²) in [4.78, 5) is 16.4. The highest BCUT2D eigenvalue weighted by molar-refractivity contribution is 6.05. The molecule has 0 unspecified atom stereocenters. The number of hydrogen-bond donors (Lipinski definition) is 3. The minimum atomic E-state index is -0.194. The first kappa shape index (κ1) is 19.1. The number of amides is 1. The van der Waals surface area contributed by atoms with E-state index in [0.717, 1.165) is 16.9 Å². The maximum Gasteiger partial charge on any atom is 0.255 e. The summed E-state index contributed by atoms with van der Waals surface area (Å²) in [7, 11) is 1.64. The molecule has 3 aromatic carbocycles. The lowest BCUT2D eigenvalue weighted by Gasteiger charge is -2.09. The third kappa shape index (κ3) is 4.96. The van der Waals surface area contributed by atoms with Crippen molar-refractivity contribution in [3.05, 3.63) is 95.6 Å². The van der Waals surface area contributed by atoms with E-state index in [-0.39, 0.29) is 5.91 Å². The van der Waals surface area contributed by atoms with Crippen molar-refractivity contribution in [2.24, 2.45) is 10.8 Å². The van der Waals surface area contributed by atoms with E-state index in [1.54, 1.807) is 31.3 Å². The highest BCUT2D eigenvalue weighted by atomic mass is 16.5. The van der Waals surface area contributed by atoms with Gasteiger partial charge in [0.2, 0.25) is 0 Å². The van der Waals surface area contributed by atoms with Crippen LogP contribution in [-0.2, 0) is 6.61 Å². The Labute approximate surface area is 164 Å². The monoisotopic (exact) mass is 374 g/mol. The Morgan fingerprint density at radius 3 is 2.18 bits per heavy atom. The molecule has 0 saturated carbocycles. The van der Waals surface area contributed by atoms with Gasteiger partial charge in [-0.2, -0.15) is 0 Å². The van der Waals surface area contributed by atoms with Gasteiger partial charge in [-0.15, -0.1) is 0 Å². The third-order valence-electron chi connectivity index (χ3n) is 4.14. The number of amidine groups is 1. The Morgan fingerprint density at radius 1 is 0.929 bits per heavy atom. The molecule has 0 atom stereocenters. The van der Waals surface area contributed by atoms with Gasteiger partial charge in [-0.3, -0.25) is 9.79 Å². The Bertz CT molecular complexity index is 937. The molecule has 0 spiro atoms. The summed E-state index contributed by atoms with van der Waals surface area (Å²) in [5.41, 5.74) is 5.67. The van der Waals surface area contributed by atoms with E-state index in [1.807, 2.05) is 54.6 Å². The van der Waals surface area contributed by atoms with E-state index < -0.39 is 0 Å². The van der Waals surface area contributed by atoms with Crippen molar-refractivity contribution in [3.8, 4) is 5.75 Å². The first-order chi connectivity index (χ1) is 13.7. The van der Waals surface area contributed by atoms with Crippen molar-refractivity contribution in [2.45, 2.75) is 6.61 Å². The smallest absolute Gasteiger partial charge is 0.255 e. The van der Waals surface area contributed by atoms with Gasteiger partial charge in [0.05, 0.1) is 0 Å². The maximum atomic E-state index is 12.4. The Kier molecular flexibility index (Phi) is 6.38. The average molecular weight is 374 g/mol. The van der Waals surface area contributed by atoms with Crippen LogP contribution in [0.4, 0.5) is 5.69 Å². The van der Waals surface area contributed by atoms with Crippen molar-refractivity contribution >= 4 is 17.4 Å². The second-order valence-electron chi connectivity index (χ2n) is 6.05. The SMILES string of the molecule is CN=C(NN)c1ccc(C(=O)Nc2ccc(OCc3ccccc3)cc2)cc1. The number of anilines is 1. The number of ether oxygens (including phenoxy) is 1. The van der Waals surface area contributed by atoms with Gasteiger partial charge >= 0.3 is 0 Å². The van der Waals surface area contributed by atoms with Crippen LogP contribution in [0, 0.1) is 0 Å². The van der Waals surface area contributed by atoms with Crippen LogP contribution in [0.5, 0.6) is 5.75 Å². The molecule has 0 aliphatic carbocycles. The molecule has 3 aromatic rings. The van der Waals surface area contributed by atoms with Crippen molar-refractivity contribution < 1.29 is 9.53 Å². The van der Waals surface area contributed by atoms with Crippen LogP contribution in [-0.4, -0.2) is 18.8 Å². The van der Waals surface area contributed by atoms with Crippen molar-refractivity contribution in [1.29, 1.82) is 0 Å². The number of nitrogens with one attached hydrogen (secondary N) is 2. The van der Waals surface area contributed by atoms with E-state index in [1.165, 1.54) is 0 Å². The van der Waals surface area contributed by atoms with Crippen LogP contribution in [0.2, 0.25) is 0 Å². The zero-order chi connectivity index (χ0) is 19.8. The fraction of sp³-hybridized carbons (Fsp3) is 0.0909. The molecule has 0 bridgehead atoms. The summed E-state index contributed by atoms with van der Waals surface area (Å²) >= 11 is 0. The minimum Gasteiger partial charge on any atom is -0.489 e. The average Bonchev–Trinajstić information content (AvgIpc) is 2.75. The van der Waals surface area contributed by atoms with Gasteiger partial charge in [0.25, 0.3) is 5.91 Å². The van der Waals surface area contributed by atoms with Gasteiger partial charge in [-0.1, -0.05) is 42.5 Å². The fourth-order valence-electron chi connectivity index (χ4n) is 2.64. The largest absolute Gasteiger partial charge is 0.489 e. The molecular weight excluding hydrogens is 352 g/mol.